The molecule has 0 unspecified atom stereocenters. The molecule has 0 radical (unpaired) electrons. The van der Waals surface area contributed by atoms with E-state index in [4.69, 9.17) is 11.6 Å². The van der Waals surface area contributed by atoms with Crippen LogP contribution in [0.5, 0.6) is 0 Å². The van der Waals surface area contributed by atoms with Gasteiger partial charge in [-0.1, -0.05) is 41.9 Å². The van der Waals surface area contributed by atoms with Gasteiger partial charge in [-0.3, -0.25) is 0 Å². The summed E-state index contributed by atoms with van der Waals surface area (Å²) >= 11 is 4.77. The highest BCUT2D eigenvalue weighted by atomic mass is 35.5. The minimum atomic E-state index is -5.62. The fourth-order valence-corrected chi connectivity index (χ4v) is 1.28. The maximum atomic E-state index is 12.4. The second kappa shape index (κ2) is 3.84. The first-order valence-corrected chi connectivity index (χ1v) is 4.36. The van der Waals surface area contributed by atoms with E-state index in [1.54, 1.807) is 0 Å². The SMILES string of the molecule is FC(F)(F)C(Cl)(c1ccccc1)C(F)(F)F. The molecule has 0 aliphatic rings. The predicted octanol–water partition coefficient (Wildman–Crippen LogP) is 4.25. The fourth-order valence-electron chi connectivity index (χ4n) is 1.16. The van der Waals surface area contributed by atoms with E-state index >= 15 is 0 Å². The van der Waals surface area contributed by atoms with Crippen molar-refractivity contribution in [1.29, 1.82) is 0 Å². The second-order valence-corrected chi connectivity index (χ2v) is 3.59. The largest absolute Gasteiger partial charge is 0.420 e. The molecule has 0 nitrogen and oxygen atoms in total. The molecule has 0 saturated carbocycles. The minimum absolute atomic E-state index is 0.688. The Morgan fingerprint density at radius 3 is 1.44 bits per heavy atom. The van der Waals surface area contributed by atoms with Crippen molar-refractivity contribution in [3.8, 4) is 0 Å². The molecular weight excluding hydrogens is 258 g/mol. The summed E-state index contributed by atoms with van der Waals surface area (Å²) in [6.07, 6.45) is -11.2. The molecule has 7 heteroatoms. The topological polar surface area (TPSA) is 0 Å². The summed E-state index contributed by atoms with van der Waals surface area (Å²) in [5.41, 5.74) is -1.04. The van der Waals surface area contributed by atoms with Gasteiger partial charge in [0.2, 0.25) is 0 Å². The Morgan fingerprint density at radius 2 is 1.12 bits per heavy atom. The van der Waals surface area contributed by atoms with Crippen LogP contribution in [0.2, 0.25) is 0 Å². The zero-order valence-electron chi connectivity index (χ0n) is 7.53. The molecule has 1 aromatic rings. The molecule has 1 aromatic carbocycles. The third kappa shape index (κ3) is 1.98. The number of halogens is 7. The first-order chi connectivity index (χ1) is 7.11. The molecule has 16 heavy (non-hydrogen) atoms. The average Bonchev–Trinajstić information content (AvgIpc) is 2.14. The Kier molecular flexibility index (Phi) is 3.15. The molecule has 0 N–H and O–H groups in total. The average molecular weight is 263 g/mol. The number of benzene rings is 1. The lowest BCUT2D eigenvalue weighted by Gasteiger charge is -2.31. The molecule has 0 aromatic heterocycles. The molecule has 0 atom stereocenters. The molecule has 0 spiro atoms. The van der Waals surface area contributed by atoms with Crippen LogP contribution in [0.15, 0.2) is 30.3 Å². The Hall–Kier alpha value is -0.910. The maximum Gasteiger partial charge on any atom is 0.420 e. The highest BCUT2D eigenvalue weighted by molar-refractivity contribution is 6.25. The molecule has 0 saturated heterocycles. The summed E-state index contributed by atoms with van der Waals surface area (Å²) in [4.78, 5) is -4.36. The van der Waals surface area contributed by atoms with E-state index in [9.17, 15) is 26.3 Å². The van der Waals surface area contributed by atoms with Gasteiger partial charge in [-0.25, -0.2) is 0 Å². The van der Waals surface area contributed by atoms with Crippen LogP contribution < -0.4 is 0 Å². The third-order valence-corrected chi connectivity index (χ3v) is 2.60. The highest BCUT2D eigenvalue weighted by Gasteiger charge is 2.71. The van der Waals surface area contributed by atoms with Gasteiger partial charge < -0.3 is 0 Å². The van der Waals surface area contributed by atoms with E-state index in [1.165, 1.54) is 6.07 Å². The van der Waals surface area contributed by atoms with Gasteiger partial charge >= 0.3 is 12.4 Å². The van der Waals surface area contributed by atoms with Crippen molar-refractivity contribution in [1.82, 2.24) is 0 Å². The van der Waals surface area contributed by atoms with Crippen LogP contribution in [0, 0.1) is 0 Å². The summed E-state index contributed by atoms with van der Waals surface area (Å²) < 4.78 is 74.6. The van der Waals surface area contributed by atoms with E-state index in [1.807, 2.05) is 0 Å². The summed E-state index contributed by atoms with van der Waals surface area (Å²) in [6, 6.07) is 4.80. The molecule has 0 amide bonds. The number of hydrogen-bond acceptors (Lipinski definition) is 0. The lowest BCUT2D eigenvalue weighted by atomic mass is 9.97. The monoisotopic (exact) mass is 262 g/mol. The van der Waals surface area contributed by atoms with Crippen LogP contribution in [0.3, 0.4) is 0 Å². The van der Waals surface area contributed by atoms with Crippen LogP contribution >= 0.6 is 11.6 Å². The lowest BCUT2D eigenvalue weighted by Crippen LogP contribution is -2.49. The minimum Gasteiger partial charge on any atom is -0.168 e. The lowest BCUT2D eigenvalue weighted by molar-refractivity contribution is -0.272. The van der Waals surface area contributed by atoms with E-state index in [-0.39, 0.29) is 0 Å². The van der Waals surface area contributed by atoms with Crippen molar-refractivity contribution in [2.45, 2.75) is 17.2 Å². The quantitative estimate of drug-likeness (QED) is 0.524. The van der Waals surface area contributed by atoms with Gasteiger partial charge in [0.15, 0.2) is 0 Å². The van der Waals surface area contributed by atoms with Crippen molar-refractivity contribution in [2.24, 2.45) is 0 Å². The Morgan fingerprint density at radius 1 is 0.750 bits per heavy atom. The first-order valence-electron chi connectivity index (χ1n) is 3.98. The van der Waals surface area contributed by atoms with Crippen molar-refractivity contribution in [3.63, 3.8) is 0 Å². The molecule has 0 bridgehead atoms. The van der Waals surface area contributed by atoms with Crippen LogP contribution in [0.4, 0.5) is 26.3 Å². The van der Waals surface area contributed by atoms with Crippen molar-refractivity contribution >= 4 is 11.6 Å². The number of alkyl halides is 7. The number of hydrogen-bond donors (Lipinski definition) is 0. The predicted molar refractivity (Wildman–Crippen MR) is 46.1 cm³/mol. The van der Waals surface area contributed by atoms with Gasteiger partial charge in [0, 0.05) is 0 Å². The Balaban J connectivity index is 3.39. The van der Waals surface area contributed by atoms with Gasteiger partial charge in [0.25, 0.3) is 4.87 Å². The van der Waals surface area contributed by atoms with E-state index in [0.29, 0.717) is 12.1 Å². The second-order valence-electron chi connectivity index (χ2n) is 3.02. The van der Waals surface area contributed by atoms with Crippen LogP contribution in [-0.2, 0) is 4.87 Å². The number of rotatable bonds is 1. The standard InChI is InChI=1S/C9H5ClF6/c10-7(8(11,12)13,9(14,15)16)6-4-2-1-3-5-6/h1-5H. The van der Waals surface area contributed by atoms with Gasteiger partial charge in [0.1, 0.15) is 0 Å². The molecular formula is C9H5ClF6. The maximum absolute atomic E-state index is 12.4. The smallest absolute Gasteiger partial charge is 0.168 e. The molecule has 90 valence electrons. The zero-order valence-corrected chi connectivity index (χ0v) is 8.29. The molecule has 0 aliphatic heterocycles. The highest BCUT2D eigenvalue weighted by Crippen LogP contribution is 2.54. The summed E-state index contributed by atoms with van der Waals surface area (Å²) in [5, 5.41) is 0. The van der Waals surface area contributed by atoms with Crippen molar-refractivity contribution < 1.29 is 26.3 Å². The summed E-state index contributed by atoms with van der Waals surface area (Å²) in [6.45, 7) is 0. The van der Waals surface area contributed by atoms with E-state index in [0.717, 1.165) is 12.1 Å². The van der Waals surface area contributed by atoms with E-state index < -0.39 is 22.8 Å². The van der Waals surface area contributed by atoms with Gasteiger partial charge in [0.05, 0.1) is 0 Å². The van der Waals surface area contributed by atoms with Crippen LogP contribution in [0.25, 0.3) is 0 Å². The van der Waals surface area contributed by atoms with Crippen LogP contribution in [0.1, 0.15) is 5.56 Å². The molecule has 1 rings (SSSR count). The Bertz CT molecular complexity index is 339. The summed E-state index contributed by atoms with van der Waals surface area (Å²) in [5.74, 6) is 0. The first kappa shape index (κ1) is 13.2. The summed E-state index contributed by atoms with van der Waals surface area (Å²) in [7, 11) is 0. The Labute approximate surface area is 91.8 Å². The van der Waals surface area contributed by atoms with Gasteiger partial charge in [-0.05, 0) is 5.56 Å². The fraction of sp³-hybridized carbons (Fsp3) is 0.333. The normalized spacial score (nSPS) is 13.9. The van der Waals surface area contributed by atoms with Crippen LogP contribution in [-0.4, -0.2) is 12.4 Å². The van der Waals surface area contributed by atoms with Gasteiger partial charge in [-0.2, -0.15) is 26.3 Å². The van der Waals surface area contributed by atoms with E-state index in [2.05, 4.69) is 0 Å². The molecule has 0 aliphatic carbocycles. The van der Waals surface area contributed by atoms with Gasteiger partial charge in [-0.15, -0.1) is 0 Å². The van der Waals surface area contributed by atoms with Crippen molar-refractivity contribution in [2.75, 3.05) is 0 Å². The molecule has 0 fully saturated rings. The molecule has 0 heterocycles. The third-order valence-electron chi connectivity index (χ3n) is 1.95. The zero-order chi connectivity index (χ0) is 12.6. The van der Waals surface area contributed by atoms with Crippen molar-refractivity contribution in [3.05, 3.63) is 35.9 Å².